The zero-order chi connectivity index (χ0) is 28.0. The van der Waals surface area contributed by atoms with E-state index in [0.717, 1.165) is 25.2 Å². The number of rotatable bonds is 1. The van der Waals surface area contributed by atoms with Gasteiger partial charge in [0.15, 0.2) is 0 Å². The van der Waals surface area contributed by atoms with E-state index in [-0.39, 0.29) is 17.5 Å². The number of hydrogen-bond acceptors (Lipinski definition) is 3. The molecule has 7 aliphatic rings. The molecule has 2 aromatic carbocycles. The summed E-state index contributed by atoms with van der Waals surface area (Å²) in [6.45, 7) is 5.01. The maximum Gasteiger partial charge on any atom is 0.204 e. The van der Waals surface area contributed by atoms with Crippen molar-refractivity contribution < 1.29 is 0 Å². The van der Waals surface area contributed by atoms with Crippen molar-refractivity contribution in [2.24, 2.45) is 28.2 Å². The molecule has 0 saturated heterocycles. The van der Waals surface area contributed by atoms with Crippen LogP contribution in [0.2, 0.25) is 0 Å². The van der Waals surface area contributed by atoms with Crippen LogP contribution in [0, 0.1) is 23.2 Å². The van der Waals surface area contributed by atoms with Crippen LogP contribution in [0.4, 0.5) is 5.69 Å². The van der Waals surface area contributed by atoms with E-state index in [0.29, 0.717) is 23.7 Å². The van der Waals surface area contributed by atoms with Crippen LogP contribution in [0.25, 0.3) is 0 Å². The van der Waals surface area contributed by atoms with E-state index >= 15 is 0 Å². The molecule has 0 saturated carbocycles. The first-order valence-corrected chi connectivity index (χ1v) is 15.8. The second kappa shape index (κ2) is 8.94. The molecule has 0 radical (unpaired) electrons. The van der Waals surface area contributed by atoms with Gasteiger partial charge in [-0.15, -0.1) is 0 Å². The zero-order valence-corrected chi connectivity index (χ0v) is 24.4. The number of nitrogens with zero attached hydrogens (tertiary/aromatic N) is 2. The molecule has 0 amide bonds. The summed E-state index contributed by atoms with van der Waals surface area (Å²) in [6.07, 6.45) is 24.4. The summed E-state index contributed by atoms with van der Waals surface area (Å²) in [5.41, 5.74) is 11.7. The summed E-state index contributed by atoms with van der Waals surface area (Å²) in [7, 11) is 0. The Kier molecular flexibility index (Phi) is 5.21. The standard InChI is InChI=1S/C39H37N3/c1-39(2)30-21-11-8-18-27(30)33-25-16-6-7-17-26(25)34-29-20-10-13-23-32(29)42(37(34)35(33)39)38-40-31-22-12-9-19-28(31)36(41-38)24-14-4-3-5-15-24/h3-5,7-15,17-18,20-23,27-28,30,34,36-37H,6,16,19H2,1-2H3,(H,40,41). The maximum atomic E-state index is 5.64. The van der Waals surface area contributed by atoms with Gasteiger partial charge in [0.2, 0.25) is 5.96 Å². The first kappa shape index (κ1) is 24.5. The van der Waals surface area contributed by atoms with Gasteiger partial charge in [0.1, 0.15) is 0 Å². The lowest BCUT2D eigenvalue weighted by molar-refractivity contribution is 0.302. The quantitative estimate of drug-likeness (QED) is 0.388. The largest absolute Gasteiger partial charge is 0.329 e. The van der Waals surface area contributed by atoms with Gasteiger partial charge in [-0.2, -0.15) is 0 Å². The van der Waals surface area contributed by atoms with Crippen LogP contribution < -0.4 is 10.2 Å². The number of benzene rings is 2. The van der Waals surface area contributed by atoms with Gasteiger partial charge in [0.25, 0.3) is 0 Å². The van der Waals surface area contributed by atoms with Crippen molar-refractivity contribution in [3.8, 4) is 0 Å². The maximum absolute atomic E-state index is 5.64. The van der Waals surface area contributed by atoms with Gasteiger partial charge >= 0.3 is 0 Å². The Bertz CT molecular complexity index is 1740. The van der Waals surface area contributed by atoms with E-state index in [1.165, 1.54) is 28.1 Å². The number of nitrogens with one attached hydrogen (secondary N) is 1. The lowest BCUT2D eigenvalue weighted by Crippen LogP contribution is -2.52. The minimum atomic E-state index is 0.0353. The van der Waals surface area contributed by atoms with E-state index in [4.69, 9.17) is 4.99 Å². The Morgan fingerprint density at radius 2 is 1.76 bits per heavy atom. The smallest absolute Gasteiger partial charge is 0.204 e. The summed E-state index contributed by atoms with van der Waals surface area (Å²) in [5, 5.41) is 3.91. The van der Waals surface area contributed by atoms with E-state index in [9.17, 15) is 0 Å². The van der Waals surface area contributed by atoms with Crippen molar-refractivity contribution >= 4 is 11.6 Å². The second-order valence-corrected chi connectivity index (χ2v) is 13.4. The average molecular weight is 548 g/mol. The van der Waals surface area contributed by atoms with Crippen LogP contribution in [-0.4, -0.2) is 12.0 Å². The van der Waals surface area contributed by atoms with Gasteiger partial charge in [-0.1, -0.05) is 111 Å². The van der Waals surface area contributed by atoms with Crippen molar-refractivity contribution in [2.45, 2.75) is 51.1 Å². The molecular formula is C39H37N3. The monoisotopic (exact) mass is 547 g/mol. The molecule has 42 heavy (non-hydrogen) atoms. The normalized spacial score (nSPS) is 32.8. The molecule has 3 heteroatoms. The van der Waals surface area contributed by atoms with Crippen LogP contribution in [0.1, 0.15) is 56.2 Å². The Balaban J connectivity index is 1.28. The minimum absolute atomic E-state index is 0.0353. The molecule has 0 bridgehead atoms. The highest BCUT2D eigenvalue weighted by Crippen LogP contribution is 2.65. The SMILES string of the molecule is CC1(C)C2=C(C3=C(C=CCC3)C3c4ccccc4N(C4=NC(c5ccccc5)C5CC=CC=C5N4)C23)C2C=CC=CC21. The zero-order valence-electron chi connectivity index (χ0n) is 24.4. The van der Waals surface area contributed by atoms with E-state index < -0.39 is 0 Å². The van der Waals surface area contributed by atoms with Crippen LogP contribution in [0.5, 0.6) is 0 Å². The third kappa shape index (κ3) is 3.25. The van der Waals surface area contributed by atoms with Crippen molar-refractivity contribution in [1.29, 1.82) is 0 Å². The van der Waals surface area contributed by atoms with E-state index in [2.05, 4.69) is 133 Å². The molecule has 6 atom stereocenters. The molecule has 2 aliphatic heterocycles. The van der Waals surface area contributed by atoms with Crippen LogP contribution in [0.15, 0.2) is 142 Å². The first-order valence-electron chi connectivity index (χ1n) is 15.8. The molecule has 0 spiro atoms. The Morgan fingerprint density at radius 3 is 2.67 bits per heavy atom. The van der Waals surface area contributed by atoms with Crippen LogP contribution >= 0.6 is 0 Å². The molecular weight excluding hydrogens is 510 g/mol. The van der Waals surface area contributed by atoms with Gasteiger partial charge in [-0.3, -0.25) is 0 Å². The van der Waals surface area contributed by atoms with E-state index in [1.807, 2.05) is 0 Å². The van der Waals surface area contributed by atoms with Crippen molar-refractivity contribution in [2.75, 3.05) is 4.90 Å². The molecule has 2 aromatic rings. The molecule has 208 valence electrons. The Morgan fingerprint density at radius 1 is 0.929 bits per heavy atom. The fraction of sp³-hybridized carbons (Fsp3) is 0.308. The topological polar surface area (TPSA) is 27.6 Å². The summed E-state index contributed by atoms with van der Waals surface area (Å²) in [4.78, 5) is 8.25. The summed E-state index contributed by atoms with van der Waals surface area (Å²) in [5.74, 6) is 2.54. The number of allylic oxidation sites excluding steroid dienone is 11. The van der Waals surface area contributed by atoms with Gasteiger partial charge < -0.3 is 10.2 Å². The summed E-state index contributed by atoms with van der Waals surface area (Å²) in [6, 6.07) is 20.3. The number of guanidine groups is 1. The molecule has 0 aromatic heterocycles. The summed E-state index contributed by atoms with van der Waals surface area (Å²) >= 11 is 0. The molecule has 0 fully saturated rings. The van der Waals surface area contributed by atoms with Gasteiger partial charge in [-0.25, -0.2) is 4.99 Å². The Labute approximate surface area is 249 Å². The number of para-hydroxylation sites is 1. The van der Waals surface area contributed by atoms with Crippen molar-refractivity contribution in [3.63, 3.8) is 0 Å². The predicted octanol–water partition coefficient (Wildman–Crippen LogP) is 8.47. The highest BCUT2D eigenvalue weighted by Gasteiger charge is 2.58. The lowest BCUT2D eigenvalue weighted by Gasteiger charge is -2.44. The highest BCUT2D eigenvalue weighted by atomic mass is 15.4. The van der Waals surface area contributed by atoms with Gasteiger partial charge in [-0.05, 0) is 76.2 Å². The molecule has 3 nitrogen and oxygen atoms in total. The number of hydrogen-bond donors (Lipinski definition) is 1. The Hall–Kier alpha value is -4.11. The van der Waals surface area contributed by atoms with Crippen LogP contribution in [-0.2, 0) is 0 Å². The average Bonchev–Trinajstić information content (AvgIpc) is 3.50. The van der Waals surface area contributed by atoms with Gasteiger partial charge in [0.05, 0.1) is 12.1 Å². The van der Waals surface area contributed by atoms with Crippen molar-refractivity contribution in [3.05, 3.63) is 148 Å². The molecule has 9 rings (SSSR count). The second-order valence-electron chi connectivity index (χ2n) is 13.4. The highest BCUT2D eigenvalue weighted by molar-refractivity contribution is 6.02. The third-order valence-electron chi connectivity index (χ3n) is 11.0. The molecule has 6 unspecified atom stereocenters. The molecule has 1 N–H and O–H groups in total. The molecule has 5 aliphatic carbocycles. The fourth-order valence-corrected chi connectivity index (χ4v) is 9.31. The molecule has 2 heterocycles. The van der Waals surface area contributed by atoms with Gasteiger partial charge in [0, 0.05) is 29.1 Å². The predicted molar refractivity (Wildman–Crippen MR) is 172 cm³/mol. The lowest BCUT2D eigenvalue weighted by atomic mass is 9.67. The van der Waals surface area contributed by atoms with Crippen molar-refractivity contribution in [1.82, 2.24) is 5.32 Å². The first-order chi connectivity index (χ1) is 20.6. The fourth-order valence-electron chi connectivity index (χ4n) is 9.31. The van der Waals surface area contributed by atoms with E-state index in [1.54, 1.807) is 16.7 Å². The minimum Gasteiger partial charge on any atom is -0.329 e. The number of anilines is 1. The third-order valence-corrected chi connectivity index (χ3v) is 11.0. The van der Waals surface area contributed by atoms with Crippen LogP contribution in [0.3, 0.4) is 0 Å². The number of fused-ring (bicyclic) bond motifs is 9. The number of aliphatic imine (C=N–C) groups is 1. The summed E-state index contributed by atoms with van der Waals surface area (Å²) < 4.78 is 0.